The second-order valence-corrected chi connectivity index (χ2v) is 10.7. The van der Waals surface area contributed by atoms with Gasteiger partial charge in [0.1, 0.15) is 6.61 Å². The van der Waals surface area contributed by atoms with E-state index < -0.39 is 0 Å². The molecule has 0 aromatic heterocycles. The molecule has 0 N–H and O–H groups in total. The summed E-state index contributed by atoms with van der Waals surface area (Å²) in [5.41, 5.74) is 4.84. The molecule has 0 saturated carbocycles. The number of anilines is 1. The van der Waals surface area contributed by atoms with Crippen LogP contribution in [0, 0.1) is 0 Å². The van der Waals surface area contributed by atoms with Crippen LogP contribution in [0.15, 0.2) is 89.3 Å². The number of thioether (sulfide) groups is 1. The summed E-state index contributed by atoms with van der Waals surface area (Å²) in [5, 5.41) is 0.638. The van der Waals surface area contributed by atoms with Gasteiger partial charge in [-0.25, -0.2) is 4.99 Å². The first-order valence-corrected chi connectivity index (χ1v) is 14.6. The maximum atomic E-state index is 13.2. The number of rotatable bonds is 10. The summed E-state index contributed by atoms with van der Waals surface area (Å²) in [7, 11) is 1.76. The van der Waals surface area contributed by atoms with E-state index >= 15 is 0 Å². The van der Waals surface area contributed by atoms with Crippen LogP contribution in [0.2, 0.25) is 0 Å². The molecule has 2 saturated heterocycles. The van der Waals surface area contributed by atoms with Crippen LogP contribution in [-0.2, 0) is 22.6 Å². The van der Waals surface area contributed by atoms with Crippen LogP contribution in [0.1, 0.15) is 23.6 Å². The topological polar surface area (TPSA) is 63.6 Å². The smallest absolute Gasteiger partial charge is 0.266 e. The summed E-state index contributed by atoms with van der Waals surface area (Å²) in [5.74, 6) is 1.25. The Labute approximate surface area is 246 Å². The molecule has 1 amide bonds. The molecule has 41 heavy (non-hydrogen) atoms. The SMILES string of the molecule is C=CCc1cc(/C=C2\SC(=Nc3ccc(N4CCOCC4)cc3)N(C)C2=O)cc(OCC)c1OCc1ccccc1. The van der Waals surface area contributed by atoms with Crippen molar-refractivity contribution in [1.82, 2.24) is 4.90 Å². The van der Waals surface area contributed by atoms with Crippen LogP contribution in [0.25, 0.3) is 6.08 Å². The molecule has 0 unspecified atom stereocenters. The Morgan fingerprint density at radius 3 is 2.51 bits per heavy atom. The lowest BCUT2D eigenvalue weighted by molar-refractivity contribution is -0.121. The van der Waals surface area contributed by atoms with Gasteiger partial charge < -0.3 is 19.1 Å². The van der Waals surface area contributed by atoms with Crippen molar-refractivity contribution < 1.29 is 19.0 Å². The normalized spacial score (nSPS) is 17.4. The van der Waals surface area contributed by atoms with Crippen molar-refractivity contribution in [1.29, 1.82) is 0 Å². The molecule has 3 aromatic carbocycles. The minimum Gasteiger partial charge on any atom is -0.490 e. The first-order valence-electron chi connectivity index (χ1n) is 13.8. The van der Waals surface area contributed by atoms with Gasteiger partial charge in [-0.3, -0.25) is 9.69 Å². The molecule has 2 fully saturated rings. The molecular weight excluding hydrogens is 534 g/mol. The summed E-state index contributed by atoms with van der Waals surface area (Å²) in [6.45, 7) is 10.0. The Hall–Kier alpha value is -4.01. The average Bonchev–Trinajstić information content (AvgIpc) is 3.26. The van der Waals surface area contributed by atoms with E-state index in [2.05, 4.69) is 23.6 Å². The van der Waals surface area contributed by atoms with Gasteiger partial charge in [0.2, 0.25) is 0 Å². The van der Waals surface area contributed by atoms with Crippen LogP contribution >= 0.6 is 11.8 Å². The largest absolute Gasteiger partial charge is 0.490 e. The molecule has 212 valence electrons. The average molecular weight is 570 g/mol. The fourth-order valence-electron chi connectivity index (χ4n) is 4.70. The van der Waals surface area contributed by atoms with Crippen LogP contribution in [0.4, 0.5) is 11.4 Å². The molecule has 5 rings (SSSR count). The van der Waals surface area contributed by atoms with E-state index in [-0.39, 0.29) is 5.91 Å². The van der Waals surface area contributed by atoms with Gasteiger partial charge in [-0.2, -0.15) is 0 Å². The van der Waals surface area contributed by atoms with Gasteiger partial charge in [-0.1, -0.05) is 36.4 Å². The zero-order chi connectivity index (χ0) is 28.6. The van der Waals surface area contributed by atoms with E-state index in [4.69, 9.17) is 19.2 Å². The van der Waals surface area contributed by atoms with Crippen molar-refractivity contribution in [2.75, 3.05) is 44.9 Å². The standard InChI is InChI=1S/C33H35N3O4S/c1-4-9-26-20-25(21-29(39-5-2)31(26)40-23-24-10-7-6-8-11-24)22-30-32(37)35(3)33(41-30)34-27-12-14-28(15-13-27)36-16-18-38-19-17-36/h4,6-8,10-15,20-22H,1,5,9,16-19,23H2,2-3H3/b30-22-,34-33?. The number of allylic oxidation sites excluding steroid dienone is 1. The molecule has 2 heterocycles. The predicted molar refractivity (Wildman–Crippen MR) is 167 cm³/mol. The number of nitrogens with zero attached hydrogens (tertiary/aromatic N) is 3. The van der Waals surface area contributed by atoms with Gasteiger partial charge in [0, 0.05) is 31.4 Å². The fraction of sp³-hybridized carbons (Fsp3) is 0.273. The van der Waals surface area contributed by atoms with Crippen molar-refractivity contribution in [3.8, 4) is 11.5 Å². The lowest BCUT2D eigenvalue weighted by Crippen LogP contribution is -2.36. The van der Waals surface area contributed by atoms with Gasteiger partial charge in [0.25, 0.3) is 5.91 Å². The van der Waals surface area contributed by atoms with Crippen molar-refractivity contribution in [3.05, 3.63) is 101 Å². The number of morpholine rings is 1. The molecule has 3 aromatic rings. The third kappa shape index (κ3) is 7.01. The van der Waals surface area contributed by atoms with Gasteiger partial charge in [0.05, 0.1) is 30.4 Å². The first kappa shape index (κ1) is 28.5. The maximum Gasteiger partial charge on any atom is 0.266 e. The van der Waals surface area contributed by atoms with E-state index in [9.17, 15) is 4.79 Å². The van der Waals surface area contributed by atoms with Crippen LogP contribution in [0.5, 0.6) is 11.5 Å². The molecule has 7 nitrogen and oxygen atoms in total. The number of carbonyl (C=O) groups is 1. The highest BCUT2D eigenvalue weighted by Crippen LogP contribution is 2.38. The summed E-state index contributed by atoms with van der Waals surface area (Å²) in [6, 6.07) is 22.1. The minimum atomic E-state index is -0.0914. The van der Waals surface area contributed by atoms with E-state index in [1.807, 2.05) is 73.7 Å². The highest BCUT2D eigenvalue weighted by molar-refractivity contribution is 8.18. The Kier molecular flexibility index (Phi) is 9.44. The van der Waals surface area contributed by atoms with Gasteiger partial charge in [-0.05, 0) is 78.7 Å². The lowest BCUT2D eigenvalue weighted by Gasteiger charge is -2.28. The Morgan fingerprint density at radius 1 is 1.05 bits per heavy atom. The third-order valence-electron chi connectivity index (χ3n) is 6.80. The number of hydrogen-bond donors (Lipinski definition) is 0. The van der Waals surface area contributed by atoms with Crippen LogP contribution in [0.3, 0.4) is 0 Å². The number of amidine groups is 1. The highest BCUT2D eigenvalue weighted by Gasteiger charge is 2.30. The number of ether oxygens (including phenoxy) is 3. The summed E-state index contributed by atoms with van der Waals surface area (Å²) in [6.07, 6.45) is 4.34. The first-order chi connectivity index (χ1) is 20.1. The van der Waals surface area contributed by atoms with Crippen molar-refractivity contribution in [2.24, 2.45) is 4.99 Å². The molecule has 0 aliphatic carbocycles. The molecule has 0 spiro atoms. The van der Waals surface area contributed by atoms with E-state index in [0.717, 1.165) is 54.4 Å². The summed E-state index contributed by atoms with van der Waals surface area (Å²) >= 11 is 1.37. The Morgan fingerprint density at radius 2 is 1.80 bits per heavy atom. The molecule has 0 bridgehead atoms. The number of likely N-dealkylation sites (N-methyl/N-ethyl adjacent to an activating group) is 1. The molecule has 8 heteroatoms. The quantitative estimate of drug-likeness (QED) is 0.206. The summed E-state index contributed by atoms with van der Waals surface area (Å²) < 4.78 is 17.7. The van der Waals surface area contributed by atoms with Gasteiger partial charge in [0.15, 0.2) is 16.7 Å². The minimum absolute atomic E-state index is 0.0914. The van der Waals surface area contributed by atoms with Crippen molar-refractivity contribution >= 4 is 40.3 Å². The Bertz CT molecular complexity index is 1430. The molecule has 0 radical (unpaired) electrons. The van der Waals surface area contributed by atoms with Crippen molar-refractivity contribution in [2.45, 2.75) is 20.0 Å². The highest BCUT2D eigenvalue weighted by atomic mass is 32.2. The second kappa shape index (κ2) is 13.6. The molecule has 0 atom stereocenters. The molecular formula is C33H35N3O4S. The van der Waals surface area contributed by atoms with Crippen LogP contribution < -0.4 is 14.4 Å². The number of carbonyl (C=O) groups excluding carboxylic acids is 1. The maximum absolute atomic E-state index is 13.2. The third-order valence-corrected chi connectivity index (χ3v) is 7.86. The van der Waals surface area contributed by atoms with Gasteiger partial charge in [-0.15, -0.1) is 6.58 Å². The number of amides is 1. The zero-order valence-corrected chi connectivity index (χ0v) is 24.4. The lowest BCUT2D eigenvalue weighted by atomic mass is 10.0. The van der Waals surface area contributed by atoms with E-state index in [1.54, 1.807) is 11.9 Å². The van der Waals surface area contributed by atoms with E-state index in [0.29, 0.717) is 41.2 Å². The number of hydrogen-bond acceptors (Lipinski definition) is 7. The molecule has 2 aliphatic heterocycles. The second-order valence-electron chi connectivity index (χ2n) is 9.69. The number of aliphatic imine (C=N–C) groups is 1. The molecule has 2 aliphatic rings. The van der Waals surface area contributed by atoms with Gasteiger partial charge >= 0.3 is 0 Å². The Balaban J connectivity index is 1.38. The summed E-state index contributed by atoms with van der Waals surface area (Å²) in [4.78, 5) is 22.5. The monoisotopic (exact) mass is 569 g/mol. The fourth-order valence-corrected chi connectivity index (χ4v) is 5.69. The predicted octanol–water partition coefficient (Wildman–Crippen LogP) is 6.46. The zero-order valence-electron chi connectivity index (χ0n) is 23.5. The number of benzene rings is 3. The van der Waals surface area contributed by atoms with Crippen LogP contribution in [-0.4, -0.2) is 55.9 Å². The van der Waals surface area contributed by atoms with E-state index in [1.165, 1.54) is 11.8 Å². The van der Waals surface area contributed by atoms with Crippen molar-refractivity contribution in [3.63, 3.8) is 0 Å².